The summed E-state index contributed by atoms with van der Waals surface area (Å²) in [6, 6.07) is 2.08. The summed E-state index contributed by atoms with van der Waals surface area (Å²) in [6.45, 7) is 8.44. The third-order valence-corrected chi connectivity index (χ3v) is 2.74. The van der Waals surface area contributed by atoms with Crippen molar-refractivity contribution >= 4 is 11.3 Å². The van der Waals surface area contributed by atoms with Crippen LogP contribution in [0.5, 0.6) is 0 Å². The molecule has 0 spiro atoms. The smallest absolute Gasteiger partial charge is 0.152 e. The zero-order valence-electron chi connectivity index (χ0n) is 11.2. The number of hydrogen-bond donors (Lipinski definition) is 1. The Hall–Kier alpha value is -1.62. The molecule has 1 N–H and O–H groups in total. The zero-order chi connectivity index (χ0) is 13.0. The molecule has 2 aromatic heterocycles. The number of rotatable bonds is 6. The molecule has 2 heterocycles. The van der Waals surface area contributed by atoms with Gasteiger partial charge in [0.05, 0.1) is 12.3 Å². The third kappa shape index (κ3) is 2.79. The van der Waals surface area contributed by atoms with Gasteiger partial charge in [-0.15, -0.1) is 0 Å². The molecule has 2 rings (SSSR count). The summed E-state index contributed by atoms with van der Waals surface area (Å²) < 4.78 is 7.16. The molecular weight excluding hydrogens is 228 g/mol. The molecule has 0 aliphatic rings. The summed E-state index contributed by atoms with van der Waals surface area (Å²) in [6.07, 6.45) is 3.63. The van der Waals surface area contributed by atoms with E-state index in [-0.39, 0.29) is 0 Å². The van der Waals surface area contributed by atoms with Gasteiger partial charge in [-0.2, -0.15) is 5.10 Å². The molecule has 0 amide bonds. The van der Waals surface area contributed by atoms with Crippen LogP contribution in [0.2, 0.25) is 0 Å². The average molecular weight is 248 g/mol. The van der Waals surface area contributed by atoms with Crippen molar-refractivity contribution in [1.82, 2.24) is 14.6 Å². The van der Waals surface area contributed by atoms with Gasteiger partial charge >= 0.3 is 0 Å². The van der Waals surface area contributed by atoms with Crippen molar-refractivity contribution in [3.8, 4) is 0 Å². The molecule has 0 aliphatic heterocycles. The molecule has 0 fully saturated rings. The lowest BCUT2D eigenvalue weighted by Gasteiger charge is -2.06. The first-order valence-electron chi connectivity index (χ1n) is 6.38. The van der Waals surface area contributed by atoms with Gasteiger partial charge < -0.3 is 10.1 Å². The molecule has 0 saturated carbocycles. The summed E-state index contributed by atoms with van der Waals surface area (Å²) in [5.74, 6) is 1.28. The van der Waals surface area contributed by atoms with E-state index in [1.54, 1.807) is 6.20 Å². The van der Waals surface area contributed by atoms with E-state index in [1.165, 1.54) is 0 Å². The van der Waals surface area contributed by atoms with E-state index in [4.69, 9.17) is 4.74 Å². The first-order chi connectivity index (χ1) is 8.72. The molecular formula is C13H20N4O. The average Bonchev–Trinajstić information content (AvgIpc) is 2.79. The lowest BCUT2D eigenvalue weighted by Crippen LogP contribution is -2.11. The van der Waals surface area contributed by atoms with Gasteiger partial charge in [0.15, 0.2) is 5.82 Å². The number of hydrogen-bond acceptors (Lipinski definition) is 4. The Morgan fingerprint density at radius 2 is 2.28 bits per heavy atom. The highest BCUT2D eigenvalue weighted by Crippen LogP contribution is 2.19. The Morgan fingerprint density at radius 1 is 1.44 bits per heavy atom. The van der Waals surface area contributed by atoms with E-state index in [1.807, 2.05) is 17.6 Å². The molecule has 5 nitrogen and oxygen atoms in total. The molecule has 0 bridgehead atoms. The van der Waals surface area contributed by atoms with Gasteiger partial charge in [0.1, 0.15) is 5.52 Å². The van der Waals surface area contributed by atoms with Crippen LogP contribution < -0.4 is 5.32 Å². The van der Waals surface area contributed by atoms with E-state index in [2.05, 4.69) is 35.3 Å². The molecule has 0 radical (unpaired) electrons. The number of fused-ring (bicyclic) bond motifs is 1. The van der Waals surface area contributed by atoms with Gasteiger partial charge in [-0.25, -0.2) is 9.50 Å². The Balaban J connectivity index is 2.16. The van der Waals surface area contributed by atoms with E-state index in [9.17, 15) is 0 Å². The highest BCUT2D eigenvalue weighted by atomic mass is 16.5. The summed E-state index contributed by atoms with van der Waals surface area (Å²) in [7, 11) is 0. The minimum atomic E-state index is 0.418. The lowest BCUT2D eigenvalue weighted by atomic mass is 10.1. The first-order valence-corrected chi connectivity index (χ1v) is 6.38. The minimum absolute atomic E-state index is 0.418. The maximum Gasteiger partial charge on any atom is 0.152 e. The van der Waals surface area contributed by atoms with Crippen LogP contribution in [0.25, 0.3) is 5.52 Å². The summed E-state index contributed by atoms with van der Waals surface area (Å²) in [4.78, 5) is 4.35. The van der Waals surface area contributed by atoms with Crippen LogP contribution in [0.4, 0.5) is 5.82 Å². The Labute approximate surface area is 107 Å². The zero-order valence-corrected chi connectivity index (χ0v) is 11.2. The third-order valence-electron chi connectivity index (χ3n) is 2.74. The fraction of sp³-hybridized carbons (Fsp3) is 0.538. The number of anilines is 1. The molecule has 0 atom stereocenters. The van der Waals surface area contributed by atoms with E-state index in [0.717, 1.165) is 30.2 Å². The second-order valence-corrected chi connectivity index (χ2v) is 4.45. The fourth-order valence-corrected chi connectivity index (χ4v) is 1.75. The predicted octanol–water partition coefficient (Wildman–Crippen LogP) is 2.30. The van der Waals surface area contributed by atoms with E-state index < -0.39 is 0 Å². The van der Waals surface area contributed by atoms with Crippen molar-refractivity contribution in [3.63, 3.8) is 0 Å². The van der Waals surface area contributed by atoms with Crippen molar-refractivity contribution in [2.45, 2.75) is 26.7 Å². The summed E-state index contributed by atoms with van der Waals surface area (Å²) >= 11 is 0. The number of aromatic nitrogens is 3. The SMILES string of the molecule is CCOCCNc1nccn2nc(C(C)C)cc12. The topological polar surface area (TPSA) is 51.5 Å². The van der Waals surface area contributed by atoms with Crippen LogP contribution in [-0.4, -0.2) is 34.4 Å². The van der Waals surface area contributed by atoms with Crippen LogP contribution in [0.15, 0.2) is 18.5 Å². The van der Waals surface area contributed by atoms with Gasteiger partial charge in [-0.3, -0.25) is 0 Å². The Morgan fingerprint density at radius 3 is 3.00 bits per heavy atom. The molecule has 2 aromatic rings. The van der Waals surface area contributed by atoms with Crippen LogP contribution in [0, 0.1) is 0 Å². The second kappa shape index (κ2) is 5.82. The van der Waals surface area contributed by atoms with E-state index >= 15 is 0 Å². The highest BCUT2D eigenvalue weighted by Gasteiger charge is 2.09. The van der Waals surface area contributed by atoms with Crippen LogP contribution in [-0.2, 0) is 4.74 Å². The van der Waals surface area contributed by atoms with Crippen LogP contribution >= 0.6 is 0 Å². The van der Waals surface area contributed by atoms with Crippen molar-refractivity contribution in [2.75, 3.05) is 25.1 Å². The summed E-state index contributed by atoms with van der Waals surface area (Å²) in [5, 5.41) is 7.80. The normalized spacial score (nSPS) is 11.3. The van der Waals surface area contributed by atoms with E-state index in [0.29, 0.717) is 12.5 Å². The molecule has 0 unspecified atom stereocenters. The summed E-state index contributed by atoms with van der Waals surface area (Å²) in [5.41, 5.74) is 2.09. The molecule has 0 aliphatic carbocycles. The maximum atomic E-state index is 5.30. The van der Waals surface area contributed by atoms with Gasteiger partial charge in [0, 0.05) is 25.5 Å². The number of ether oxygens (including phenoxy) is 1. The van der Waals surface area contributed by atoms with Crippen LogP contribution in [0.3, 0.4) is 0 Å². The van der Waals surface area contributed by atoms with Crippen LogP contribution in [0.1, 0.15) is 32.4 Å². The minimum Gasteiger partial charge on any atom is -0.380 e. The largest absolute Gasteiger partial charge is 0.380 e. The second-order valence-electron chi connectivity index (χ2n) is 4.45. The standard InChI is InChI=1S/C13H20N4O/c1-4-18-8-6-15-13-12-9-11(10(2)3)16-17(12)7-5-14-13/h5,7,9-10H,4,6,8H2,1-3H3,(H,14,15). The molecule has 5 heteroatoms. The van der Waals surface area contributed by atoms with Crippen molar-refractivity contribution in [2.24, 2.45) is 0 Å². The molecule has 0 saturated heterocycles. The lowest BCUT2D eigenvalue weighted by molar-refractivity contribution is 0.158. The molecule has 0 aromatic carbocycles. The Bertz CT molecular complexity index is 507. The Kier molecular flexibility index (Phi) is 4.15. The number of nitrogens with zero attached hydrogens (tertiary/aromatic N) is 3. The molecule has 18 heavy (non-hydrogen) atoms. The van der Waals surface area contributed by atoms with Gasteiger partial charge in [0.25, 0.3) is 0 Å². The van der Waals surface area contributed by atoms with Gasteiger partial charge in [-0.1, -0.05) is 13.8 Å². The van der Waals surface area contributed by atoms with Gasteiger partial charge in [0.2, 0.25) is 0 Å². The monoisotopic (exact) mass is 248 g/mol. The van der Waals surface area contributed by atoms with Crippen molar-refractivity contribution in [3.05, 3.63) is 24.2 Å². The fourth-order valence-electron chi connectivity index (χ4n) is 1.75. The quantitative estimate of drug-likeness (QED) is 0.797. The van der Waals surface area contributed by atoms with Crippen molar-refractivity contribution in [1.29, 1.82) is 0 Å². The maximum absolute atomic E-state index is 5.30. The highest BCUT2D eigenvalue weighted by molar-refractivity contribution is 5.67. The predicted molar refractivity (Wildman–Crippen MR) is 72.1 cm³/mol. The molecule has 98 valence electrons. The van der Waals surface area contributed by atoms with Crippen molar-refractivity contribution < 1.29 is 4.74 Å². The first kappa shape index (κ1) is 12.8. The number of nitrogens with one attached hydrogen (secondary N) is 1. The van der Waals surface area contributed by atoms with Gasteiger partial charge in [-0.05, 0) is 18.9 Å².